The van der Waals surface area contributed by atoms with Crippen LogP contribution in [0.15, 0.2) is 50.6 Å². The highest BCUT2D eigenvalue weighted by Gasteiger charge is 2.28. The molecule has 2 rings (SSSR count). The lowest BCUT2D eigenvalue weighted by molar-refractivity contribution is 0.314. The summed E-state index contributed by atoms with van der Waals surface area (Å²) in [5.74, 6) is 1.23. The van der Waals surface area contributed by atoms with Gasteiger partial charge < -0.3 is 4.42 Å². The lowest BCUT2D eigenvalue weighted by atomic mass is 10.3. The van der Waals surface area contributed by atoms with Gasteiger partial charge in [0.25, 0.3) is 0 Å². The molecular formula is C15H20N2O5S2. The van der Waals surface area contributed by atoms with Crippen LogP contribution in [0, 0.1) is 6.92 Å². The summed E-state index contributed by atoms with van der Waals surface area (Å²) in [6, 6.07) is 8.01. The van der Waals surface area contributed by atoms with Crippen molar-refractivity contribution < 1.29 is 21.3 Å². The zero-order chi connectivity index (χ0) is 18.1. The molecule has 0 aliphatic heterocycles. The molecule has 0 saturated carbocycles. The Morgan fingerprint density at radius 3 is 1.96 bits per heavy atom. The third-order valence-electron chi connectivity index (χ3n) is 3.44. The van der Waals surface area contributed by atoms with E-state index in [1.165, 1.54) is 28.6 Å². The minimum absolute atomic E-state index is 0.00752. The smallest absolute Gasteiger partial charge is 0.243 e. The quantitative estimate of drug-likeness (QED) is 0.832. The van der Waals surface area contributed by atoms with Crippen LogP contribution in [-0.2, 0) is 26.6 Å². The fourth-order valence-corrected chi connectivity index (χ4v) is 4.32. The molecule has 0 fully saturated rings. The average Bonchev–Trinajstić information content (AvgIpc) is 2.89. The number of hydrogen-bond acceptors (Lipinski definition) is 5. The first-order valence-electron chi connectivity index (χ1n) is 7.22. The molecule has 0 spiro atoms. The monoisotopic (exact) mass is 372 g/mol. The molecule has 1 aromatic carbocycles. The van der Waals surface area contributed by atoms with E-state index in [9.17, 15) is 16.8 Å². The van der Waals surface area contributed by atoms with Gasteiger partial charge in [0, 0.05) is 6.04 Å². The summed E-state index contributed by atoms with van der Waals surface area (Å²) < 4.78 is 55.0. The molecular weight excluding hydrogens is 352 g/mol. The molecule has 0 aliphatic carbocycles. The molecule has 0 aliphatic rings. The Labute approximate surface area is 142 Å². The Bertz CT molecular complexity index is 913. The Balaban J connectivity index is 2.37. The first-order chi connectivity index (χ1) is 11.0. The van der Waals surface area contributed by atoms with Crippen LogP contribution in [-0.4, -0.2) is 27.2 Å². The molecule has 24 heavy (non-hydrogen) atoms. The van der Waals surface area contributed by atoms with Crippen molar-refractivity contribution >= 4 is 20.0 Å². The van der Waals surface area contributed by atoms with Gasteiger partial charge in [-0.1, -0.05) is 0 Å². The lowest BCUT2D eigenvalue weighted by Crippen LogP contribution is -2.36. The maximum absolute atomic E-state index is 12.8. The number of hydrogen-bond donors (Lipinski definition) is 1. The SMILES string of the molecule is Cc1ccc(CN(C(C)C)S(=O)(=O)c2ccc(S(N)(=O)=O)cc2)o1. The summed E-state index contributed by atoms with van der Waals surface area (Å²) in [6.07, 6.45) is 0. The van der Waals surface area contributed by atoms with Crippen molar-refractivity contribution in [2.75, 3.05) is 0 Å². The second kappa shape index (κ2) is 6.67. The van der Waals surface area contributed by atoms with E-state index in [0.717, 1.165) is 0 Å². The van der Waals surface area contributed by atoms with Crippen molar-refractivity contribution in [1.82, 2.24) is 4.31 Å². The standard InChI is InChI=1S/C15H20N2O5S2/c1-11(2)17(10-13-5-4-12(3)22-13)24(20,21)15-8-6-14(7-9-15)23(16,18)19/h4-9,11H,10H2,1-3H3,(H2,16,18,19). The first kappa shape index (κ1) is 18.7. The molecule has 0 atom stereocenters. The van der Waals surface area contributed by atoms with Crippen molar-refractivity contribution in [2.45, 2.75) is 43.1 Å². The Morgan fingerprint density at radius 1 is 1.00 bits per heavy atom. The molecule has 0 unspecified atom stereocenters. The van der Waals surface area contributed by atoms with Crippen molar-refractivity contribution in [3.05, 3.63) is 47.9 Å². The van der Waals surface area contributed by atoms with Crippen LogP contribution < -0.4 is 5.14 Å². The van der Waals surface area contributed by atoms with Crippen molar-refractivity contribution in [3.8, 4) is 0 Å². The summed E-state index contributed by atoms with van der Waals surface area (Å²) in [5, 5.41) is 5.03. The third-order valence-corrected chi connectivity index (χ3v) is 6.41. The van der Waals surface area contributed by atoms with Gasteiger partial charge >= 0.3 is 0 Å². The van der Waals surface area contributed by atoms with Gasteiger partial charge in [0.1, 0.15) is 11.5 Å². The summed E-state index contributed by atoms with van der Waals surface area (Å²) in [6.45, 7) is 5.38. The van der Waals surface area contributed by atoms with Gasteiger partial charge in [-0.15, -0.1) is 0 Å². The van der Waals surface area contributed by atoms with E-state index in [0.29, 0.717) is 11.5 Å². The summed E-state index contributed by atoms with van der Waals surface area (Å²) in [4.78, 5) is -0.147. The van der Waals surface area contributed by atoms with Crippen LogP contribution in [0.3, 0.4) is 0 Å². The van der Waals surface area contributed by atoms with Gasteiger partial charge in [-0.2, -0.15) is 4.31 Å². The highest BCUT2D eigenvalue weighted by Crippen LogP contribution is 2.23. The molecule has 0 radical (unpaired) electrons. The second-order valence-electron chi connectivity index (χ2n) is 5.67. The minimum atomic E-state index is -3.87. The molecule has 1 heterocycles. The molecule has 7 nitrogen and oxygen atoms in total. The fraction of sp³-hybridized carbons (Fsp3) is 0.333. The molecule has 1 aromatic heterocycles. The van der Waals surface area contributed by atoms with Gasteiger partial charge in [0.15, 0.2) is 0 Å². The molecule has 2 N–H and O–H groups in total. The first-order valence-corrected chi connectivity index (χ1v) is 10.2. The van der Waals surface area contributed by atoms with Crippen LogP contribution in [0.4, 0.5) is 0 Å². The highest BCUT2D eigenvalue weighted by atomic mass is 32.2. The minimum Gasteiger partial charge on any atom is -0.465 e. The van der Waals surface area contributed by atoms with Crippen LogP contribution in [0.5, 0.6) is 0 Å². The van der Waals surface area contributed by atoms with Crippen molar-refractivity contribution in [2.24, 2.45) is 5.14 Å². The van der Waals surface area contributed by atoms with Crippen LogP contribution in [0.2, 0.25) is 0 Å². The molecule has 0 bridgehead atoms. The van der Waals surface area contributed by atoms with Crippen LogP contribution in [0.25, 0.3) is 0 Å². The van der Waals surface area contributed by atoms with Gasteiger partial charge in [0.05, 0.1) is 16.3 Å². The van der Waals surface area contributed by atoms with E-state index in [-0.39, 0.29) is 22.4 Å². The highest BCUT2D eigenvalue weighted by molar-refractivity contribution is 7.89. The van der Waals surface area contributed by atoms with E-state index in [2.05, 4.69) is 0 Å². The van der Waals surface area contributed by atoms with E-state index >= 15 is 0 Å². The molecule has 2 aromatic rings. The van der Waals surface area contributed by atoms with E-state index in [4.69, 9.17) is 9.56 Å². The third kappa shape index (κ3) is 4.04. The number of primary sulfonamides is 1. The predicted molar refractivity (Wildman–Crippen MR) is 89.1 cm³/mol. The average molecular weight is 372 g/mol. The van der Waals surface area contributed by atoms with E-state index < -0.39 is 20.0 Å². The second-order valence-corrected chi connectivity index (χ2v) is 9.12. The van der Waals surface area contributed by atoms with Crippen molar-refractivity contribution in [1.29, 1.82) is 0 Å². The normalized spacial score (nSPS) is 12.9. The number of furan rings is 1. The number of aryl methyl sites for hydroxylation is 1. The number of benzene rings is 1. The molecule has 0 saturated heterocycles. The summed E-state index contributed by atoms with van der Waals surface area (Å²) in [7, 11) is -7.68. The van der Waals surface area contributed by atoms with Crippen LogP contribution >= 0.6 is 0 Å². The number of nitrogens with two attached hydrogens (primary N) is 1. The van der Waals surface area contributed by atoms with Gasteiger partial charge in [-0.25, -0.2) is 22.0 Å². The number of nitrogens with zero attached hydrogens (tertiary/aromatic N) is 1. The molecule has 9 heteroatoms. The van der Waals surface area contributed by atoms with Gasteiger partial charge in [-0.05, 0) is 57.2 Å². The summed E-state index contributed by atoms with van der Waals surface area (Å²) >= 11 is 0. The largest absolute Gasteiger partial charge is 0.465 e. The Hall–Kier alpha value is -1.68. The molecule has 0 amide bonds. The Morgan fingerprint density at radius 2 is 1.54 bits per heavy atom. The van der Waals surface area contributed by atoms with E-state index in [1.807, 2.05) is 0 Å². The predicted octanol–water partition coefficient (Wildman–Crippen LogP) is 1.83. The van der Waals surface area contributed by atoms with Crippen molar-refractivity contribution in [3.63, 3.8) is 0 Å². The Kier molecular flexibility index (Phi) is 5.19. The number of sulfonamides is 2. The maximum Gasteiger partial charge on any atom is 0.243 e. The summed E-state index contributed by atoms with van der Waals surface area (Å²) in [5.41, 5.74) is 0. The topological polar surface area (TPSA) is 111 Å². The zero-order valence-electron chi connectivity index (χ0n) is 13.6. The van der Waals surface area contributed by atoms with Crippen LogP contribution in [0.1, 0.15) is 25.4 Å². The van der Waals surface area contributed by atoms with Gasteiger partial charge in [0.2, 0.25) is 20.0 Å². The maximum atomic E-state index is 12.8. The molecule has 132 valence electrons. The van der Waals surface area contributed by atoms with E-state index in [1.54, 1.807) is 32.9 Å². The number of rotatable bonds is 6. The lowest BCUT2D eigenvalue weighted by Gasteiger charge is -2.25. The van der Waals surface area contributed by atoms with Gasteiger partial charge in [-0.3, -0.25) is 0 Å². The zero-order valence-corrected chi connectivity index (χ0v) is 15.3. The fourth-order valence-electron chi connectivity index (χ4n) is 2.21.